The fraction of sp³-hybridized carbons (Fsp3) is 0.429. The maximum atomic E-state index is 8.80. The van der Waals surface area contributed by atoms with Crippen molar-refractivity contribution in [2.45, 2.75) is 13.3 Å². The first kappa shape index (κ1) is 5.42. The molecule has 1 N–H and O–H groups in total. The first-order valence-corrected chi connectivity index (χ1v) is 2.86. The number of aliphatic hydroxyl groups excluding tert-OH is 1. The molecule has 8 heavy (non-hydrogen) atoms. The van der Waals surface area contributed by atoms with Crippen LogP contribution in [0, 0.1) is 5.92 Å². The summed E-state index contributed by atoms with van der Waals surface area (Å²) in [6, 6.07) is 0. The fourth-order valence-corrected chi connectivity index (χ4v) is 0.716. The molecule has 0 bridgehead atoms. The van der Waals surface area contributed by atoms with Crippen molar-refractivity contribution in [3.8, 4) is 0 Å². The van der Waals surface area contributed by atoms with Crippen LogP contribution < -0.4 is 0 Å². The summed E-state index contributed by atoms with van der Waals surface area (Å²) in [5.74, 6) is 1.01. The molecule has 1 rings (SSSR count). The van der Waals surface area contributed by atoms with Gasteiger partial charge in [-0.05, 0) is 24.5 Å². The average Bonchev–Trinajstić information content (AvgIpc) is 1.77. The van der Waals surface area contributed by atoms with Gasteiger partial charge in [0.25, 0.3) is 0 Å². The van der Waals surface area contributed by atoms with Gasteiger partial charge >= 0.3 is 0 Å². The second-order valence-corrected chi connectivity index (χ2v) is 2.20. The highest BCUT2D eigenvalue weighted by Gasteiger charge is 1.99. The molecule has 0 spiro atoms. The van der Waals surface area contributed by atoms with Gasteiger partial charge in [0.1, 0.15) is 5.76 Å². The van der Waals surface area contributed by atoms with E-state index in [-0.39, 0.29) is 0 Å². The van der Waals surface area contributed by atoms with E-state index in [1.54, 1.807) is 6.08 Å². The van der Waals surface area contributed by atoms with Crippen LogP contribution in [-0.2, 0) is 0 Å². The Labute approximate surface area is 49.3 Å². The van der Waals surface area contributed by atoms with Gasteiger partial charge in [0, 0.05) is 0 Å². The number of rotatable bonds is 0. The average molecular weight is 110 g/mol. The Morgan fingerprint density at radius 3 is 2.88 bits per heavy atom. The molecule has 0 fully saturated rings. The summed E-state index contributed by atoms with van der Waals surface area (Å²) in [5.41, 5.74) is 0. The van der Waals surface area contributed by atoms with E-state index in [2.05, 4.69) is 6.92 Å². The molecule has 44 valence electrons. The molecule has 1 nitrogen and oxygen atoms in total. The number of hydrogen-bond donors (Lipinski definition) is 1. The van der Waals surface area contributed by atoms with Crippen molar-refractivity contribution in [1.82, 2.24) is 0 Å². The summed E-state index contributed by atoms with van der Waals surface area (Å²) in [4.78, 5) is 0. The molecule has 1 aliphatic carbocycles. The van der Waals surface area contributed by atoms with E-state index in [1.165, 1.54) is 0 Å². The van der Waals surface area contributed by atoms with Crippen LogP contribution in [-0.4, -0.2) is 5.11 Å². The highest BCUT2D eigenvalue weighted by molar-refractivity contribution is 5.15. The Balaban J connectivity index is 2.58. The Hall–Kier alpha value is -0.720. The summed E-state index contributed by atoms with van der Waals surface area (Å²) in [7, 11) is 0. The van der Waals surface area contributed by atoms with Crippen molar-refractivity contribution in [3.63, 3.8) is 0 Å². The van der Waals surface area contributed by atoms with Crippen molar-refractivity contribution in [3.05, 3.63) is 24.0 Å². The molecule has 1 aliphatic rings. The van der Waals surface area contributed by atoms with Gasteiger partial charge in [0.2, 0.25) is 0 Å². The molecule has 0 aromatic rings. The third kappa shape index (κ3) is 1.12. The van der Waals surface area contributed by atoms with Gasteiger partial charge in [-0.1, -0.05) is 13.0 Å². The smallest absolute Gasteiger partial charge is 0.111 e. The molecule has 0 aromatic heterocycles. The summed E-state index contributed by atoms with van der Waals surface area (Å²) in [6.07, 6.45) is 6.57. The second kappa shape index (κ2) is 2.03. The second-order valence-electron chi connectivity index (χ2n) is 2.20. The van der Waals surface area contributed by atoms with Crippen LogP contribution >= 0.6 is 0 Å². The molecular formula is C7H10O. The highest BCUT2D eigenvalue weighted by atomic mass is 16.3. The molecule has 0 saturated heterocycles. The lowest BCUT2D eigenvalue weighted by molar-refractivity contribution is 0.422. The zero-order chi connectivity index (χ0) is 5.98. The predicted octanol–water partition coefficient (Wildman–Crippen LogP) is 2.02. The van der Waals surface area contributed by atoms with E-state index >= 15 is 0 Å². The summed E-state index contributed by atoms with van der Waals surface area (Å²) in [6.45, 7) is 2.12. The first-order valence-electron chi connectivity index (χ1n) is 2.86. The Bertz CT molecular complexity index is 133. The third-order valence-electron chi connectivity index (χ3n) is 1.29. The maximum Gasteiger partial charge on any atom is 0.111 e. The highest BCUT2D eigenvalue weighted by Crippen LogP contribution is 2.12. The quantitative estimate of drug-likeness (QED) is 0.505. The fourth-order valence-electron chi connectivity index (χ4n) is 0.716. The van der Waals surface area contributed by atoms with Gasteiger partial charge in [-0.2, -0.15) is 0 Å². The van der Waals surface area contributed by atoms with E-state index < -0.39 is 0 Å². The van der Waals surface area contributed by atoms with Crippen LogP contribution in [0.5, 0.6) is 0 Å². The molecule has 0 unspecified atom stereocenters. The van der Waals surface area contributed by atoms with E-state index in [0.29, 0.717) is 11.7 Å². The van der Waals surface area contributed by atoms with Gasteiger partial charge in [0.05, 0.1) is 0 Å². The number of allylic oxidation sites excluding steroid dienone is 3. The first-order chi connectivity index (χ1) is 3.79. The summed E-state index contributed by atoms with van der Waals surface area (Å²) in [5, 5.41) is 8.80. The SMILES string of the molecule is C[C@H]1C=CC(O)=CC1. The van der Waals surface area contributed by atoms with Crippen molar-refractivity contribution >= 4 is 0 Å². The van der Waals surface area contributed by atoms with E-state index in [0.717, 1.165) is 6.42 Å². The minimum absolute atomic E-state index is 0.406. The molecular weight excluding hydrogens is 100 g/mol. The predicted molar refractivity (Wildman–Crippen MR) is 33.6 cm³/mol. The molecule has 0 radical (unpaired) electrons. The van der Waals surface area contributed by atoms with E-state index in [1.807, 2.05) is 12.2 Å². The number of aliphatic hydroxyl groups is 1. The third-order valence-corrected chi connectivity index (χ3v) is 1.29. The summed E-state index contributed by atoms with van der Waals surface area (Å²) >= 11 is 0. The van der Waals surface area contributed by atoms with E-state index in [9.17, 15) is 0 Å². The van der Waals surface area contributed by atoms with Gasteiger partial charge in [0.15, 0.2) is 0 Å². The van der Waals surface area contributed by atoms with Gasteiger partial charge < -0.3 is 5.11 Å². The van der Waals surface area contributed by atoms with Crippen molar-refractivity contribution < 1.29 is 5.11 Å². The van der Waals surface area contributed by atoms with Crippen LogP contribution in [0.1, 0.15) is 13.3 Å². The molecule has 1 atom stereocenters. The maximum absolute atomic E-state index is 8.80. The molecule has 1 heteroatoms. The van der Waals surface area contributed by atoms with E-state index in [4.69, 9.17) is 5.11 Å². The Kier molecular flexibility index (Phi) is 1.38. The lowest BCUT2D eigenvalue weighted by atomic mass is 10.0. The van der Waals surface area contributed by atoms with Crippen LogP contribution in [0.3, 0.4) is 0 Å². The zero-order valence-corrected chi connectivity index (χ0v) is 4.96. The van der Waals surface area contributed by atoms with Gasteiger partial charge in [-0.15, -0.1) is 0 Å². The minimum atomic E-state index is 0.406. The van der Waals surface area contributed by atoms with Crippen LogP contribution in [0.2, 0.25) is 0 Å². The molecule has 0 heterocycles. The lowest BCUT2D eigenvalue weighted by Gasteiger charge is -2.05. The topological polar surface area (TPSA) is 20.2 Å². The largest absolute Gasteiger partial charge is 0.508 e. The molecule has 0 aromatic carbocycles. The molecule has 0 saturated carbocycles. The monoisotopic (exact) mass is 110 g/mol. The lowest BCUT2D eigenvalue weighted by Crippen LogP contribution is -1.92. The normalized spacial score (nSPS) is 27.6. The Morgan fingerprint density at radius 2 is 2.50 bits per heavy atom. The van der Waals surface area contributed by atoms with Gasteiger partial charge in [-0.25, -0.2) is 0 Å². The summed E-state index contributed by atoms with van der Waals surface area (Å²) < 4.78 is 0. The molecule has 0 aliphatic heterocycles. The zero-order valence-electron chi connectivity index (χ0n) is 4.96. The number of hydrogen-bond acceptors (Lipinski definition) is 1. The van der Waals surface area contributed by atoms with Crippen LogP contribution in [0.15, 0.2) is 24.0 Å². The van der Waals surface area contributed by atoms with Gasteiger partial charge in [-0.3, -0.25) is 0 Å². The standard InChI is InChI=1S/C7H10O/c1-6-2-4-7(8)5-3-6/h2,4-6,8H,3H2,1H3/t6-/m0/s1. The minimum Gasteiger partial charge on any atom is -0.508 e. The van der Waals surface area contributed by atoms with Crippen LogP contribution in [0.4, 0.5) is 0 Å². The molecule has 0 amide bonds. The Morgan fingerprint density at radius 1 is 1.75 bits per heavy atom. The van der Waals surface area contributed by atoms with Crippen molar-refractivity contribution in [2.75, 3.05) is 0 Å². The van der Waals surface area contributed by atoms with Crippen LogP contribution in [0.25, 0.3) is 0 Å². The van der Waals surface area contributed by atoms with Crippen molar-refractivity contribution in [2.24, 2.45) is 5.92 Å². The van der Waals surface area contributed by atoms with Crippen molar-refractivity contribution in [1.29, 1.82) is 0 Å².